The van der Waals surface area contributed by atoms with Crippen LogP contribution in [-0.2, 0) is 16.4 Å². The van der Waals surface area contributed by atoms with E-state index in [0.717, 1.165) is 18.0 Å². The van der Waals surface area contributed by atoms with Gasteiger partial charge in [0.1, 0.15) is 23.0 Å². The number of sulfonamides is 1. The summed E-state index contributed by atoms with van der Waals surface area (Å²) in [6.45, 7) is 3.37. The van der Waals surface area contributed by atoms with E-state index in [4.69, 9.17) is 9.47 Å². The lowest BCUT2D eigenvalue weighted by molar-refractivity contribution is 0.391. The van der Waals surface area contributed by atoms with Crippen molar-refractivity contribution < 1.29 is 22.3 Å². The van der Waals surface area contributed by atoms with Gasteiger partial charge >= 0.3 is 0 Å². The standard InChI is InChI=1S/C23H24FN7O4S/c1-14-8-9-25-13-17(14)22-28-29-23(31(22)21-18(34-3)6-5-7-19(21)35-4)30-36(32,33)15(2)10-20-26-11-16(24)12-27-20/h5-9,11-13,15H,10H2,1-4H3,(H,29,30). The zero-order chi connectivity index (χ0) is 25.9. The lowest BCUT2D eigenvalue weighted by Crippen LogP contribution is -2.29. The molecule has 1 aromatic carbocycles. The van der Waals surface area contributed by atoms with E-state index < -0.39 is 21.1 Å². The van der Waals surface area contributed by atoms with Gasteiger partial charge in [0.15, 0.2) is 11.6 Å². The van der Waals surface area contributed by atoms with E-state index in [0.29, 0.717) is 28.6 Å². The van der Waals surface area contributed by atoms with Crippen molar-refractivity contribution in [2.45, 2.75) is 25.5 Å². The molecule has 1 atom stereocenters. The number of rotatable bonds is 9. The van der Waals surface area contributed by atoms with Crippen molar-refractivity contribution in [1.82, 2.24) is 29.7 Å². The Morgan fingerprint density at radius 1 is 1.06 bits per heavy atom. The molecule has 0 aliphatic carbocycles. The third-order valence-corrected chi connectivity index (χ3v) is 7.17. The van der Waals surface area contributed by atoms with Gasteiger partial charge in [0.2, 0.25) is 16.0 Å². The summed E-state index contributed by atoms with van der Waals surface area (Å²) < 4.78 is 54.9. The molecule has 36 heavy (non-hydrogen) atoms. The Hall–Kier alpha value is -4.13. The molecule has 0 saturated carbocycles. The van der Waals surface area contributed by atoms with Crippen LogP contribution in [0.1, 0.15) is 18.3 Å². The Labute approximate surface area is 207 Å². The fourth-order valence-electron chi connectivity index (χ4n) is 3.53. The van der Waals surface area contributed by atoms with Gasteiger partial charge in [0.25, 0.3) is 0 Å². The van der Waals surface area contributed by atoms with E-state index in [1.54, 1.807) is 30.6 Å². The second-order valence-electron chi connectivity index (χ2n) is 7.86. The van der Waals surface area contributed by atoms with Crippen molar-refractivity contribution in [2.75, 3.05) is 18.9 Å². The van der Waals surface area contributed by atoms with Crippen molar-refractivity contribution in [3.63, 3.8) is 0 Å². The molecule has 0 aliphatic rings. The first-order valence-electron chi connectivity index (χ1n) is 10.8. The largest absolute Gasteiger partial charge is 0.494 e. The third-order valence-electron chi connectivity index (χ3n) is 5.48. The molecule has 4 rings (SSSR count). The number of ether oxygens (including phenoxy) is 2. The van der Waals surface area contributed by atoms with Crippen molar-refractivity contribution in [2.24, 2.45) is 0 Å². The summed E-state index contributed by atoms with van der Waals surface area (Å²) in [5.41, 5.74) is 1.89. The maximum atomic E-state index is 13.3. The molecule has 1 N–H and O–H groups in total. The molecule has 0 aliphatic heterocycles. The van der Waals surface area contributed by atoms with E-state index in [-0.39, 0.29) is 18.2 Å². The van der Waals surface area contributed by atoms with E-state index in [9.17, 15) is 12.8 Å². The average molecular weight is 514 g/mol. The predicted molar refractivity (Wildman–Crippen MR) is 130 cm³/mol. The molecule has 13 heteroatoms. The van der Waals surface area contributed by atoms with Crippen LogP contribution in [0, 0.1) is 12.7 Å². The fraction of sp³-hybridized carbons (Fsp3) is 0.261. The second kappa shape index (κ2) is 10.2. The first-order chi connectivity index (χ1) is 17.2. The normalized spacial score (nSPS) is 12.2. The molecule has 188 valence electrons. The average Bonchev–Trinajstić information content (AvgIpc) is 3.26. The van der Waals surface area contributed by atoms with Gasteiger partial charge in [0, 0.05) is 24.4 Å². The molecule has 0 saturated heterocycles. The Morgan fingerprint density at radius 2 is 1.72 bits per heavy atom. The molecule has 4 aromatic rings. The van der Waals surface area contributed by atoms with Crippen molar-refractivity contribution in [3.8, 4) is 28.6 Å². The highest BCUT2D eigenvalue weighted by Gasteiger charge is 2.29. The van der Waals surface area contributed by atoms with Crippen molar-refractivity contribution in [3.05, 3.63) is 66.3 Å². The Kier molecular flexibility index (Phi) is 7.10. The lowest BCUT2D eigenvalue weighted by Gasteiger charge is -2.19. The van der Waals surface area contributed by atoms with Crippen LogP contribution in [0.25, 0.3) is 17.1 Å². The molecule has 0 radical (unpaired) electrons. The number of nitrogens with one attached hydrogen (secondary N) is 1. The zero-order valence-electron chi connectivity index (χ0n) is 20.0. The molecule has 3 heterocycles. The van der Waals surface area contributed by atoms with Crippen LogP contribution in [0.5, 0.6) is 11.5 Å². The minimum absolute atomic E-state index is 0.0453. The van der Waals surface area contributed by atoms with E-state index >= 15 is 0 Å². The maximum Gasteiger partial charge on any atom is 0.243 e. The summed E-state index contributed by atoms with van der Waals surface area (Å²) in [6, 6.07) is 6.98. The van der Waals surface area contributed by atoms with Crippen LogP contribution < -0.4 is 14.2 Å². The van der Waals surface area contributed by atoms with Crippen LogP contribution in [0.3, 0.4) is 0 Å². The summed E-state index contributed by atoms with van der Waals surface area (Å²) >= 11 is 0. The highest BCUT2D eigenvalue weighted by Crippen LogP contribution is 2.38. The lowest BCUT2D eigenvalue weighted by atomic mass is 10.1. The number of hydrogen-bond acceptors (Lipinski definition) is 9. The summed E-state index contributed by atoms with van der Waals surface area (Å²) in [5, 5.41) is 7.45. The van der Waals surface area contributed by atoms with Crippen LogP contribution in [0.4, 0.5) is 10.3 Å². The highest BCUT2D eigenvalue weighted by molar-refractivity contribution is 7.93. The molecule has 1 unspecified atom stereocenters. The number of hydrogen-bond donors (Lipinski definition) is 1. The third kappa shape index (κ3) is 4.96. The van der Waals surface area contributed by atoms with Crippen LogP contribution in [0.2, 0.25) is 0 Å². The minimum Gasteiger partial charge on any atom is -0.494 e. The van der Waals surface area contributed by atoms with Crippen LogP contribution >= 0.6 is 0 Å². The molecular weight excluding hydrogens is 489 g/mol. The SMILES string of the molecule is COc1cccc(OC)c1-n1c(NS(=O)(=O)C(C)Cc2ncc(F)cn2)nnc1-c1cnccc1C. The molecule has 11 nitrogen and oxygen atoms in total. The van der Waals surface area contributed by atoms with Gasteiger partial charge in [0.05, 0.1) is 31.9 Å². The molecule has 0 fully saturated rings. The molecule has 3 aromatic heterocycles. The zero-order valence-corrected chi connectivity index (χ0v) is 20.8. The Morgan fingerprint density at radius 3 is 2.33 bits per heavy atom. The number of aromatic nitrogens is 6. The summed E-state index contributed by atoms with van der Waals surface area (Å²) in [4.78, 5) is 11.9. The van der Waals surface area contributed by atoms with Gasteiger partial charge in [-0.25, -0.2) is 22.8 Å². The first kappa shape index (κ1) is 25.0. The Balaban J connectivity index is 1.82. The summed E-state index contributed by atoms with van der Waals surface area (Å²) in [7, 11) is -1.03. The van der Waals surface area contributed by atoms with Crippen LogP contribution in [-0.4, -0.2) is 57.6 Å². The minimum atomic E-state index is -4.01. The summed E-state index contributed by atoms with van der Waals surface area (Å²) in [6.07, 6.45) is 5.19. The van der Waals surface area contributed by atoms with E-state index in [1.807, 2.05) is 13.0 Å². The monoisotopic (exact) mass is 513 g/mol. The number of aryl methyl sites for hydroxylation is 1. The second-order valence-corrected chi connectivity index (χ2v) is 9.96. The van der Waals surface area contributed by atoms with Gasteiger partial charge in [-0.2, -0.15) is 0 Å². The molecule has 0 bridgehead atoms. The maximum absolute atomic E-state index is 13.3. The topological polar surface area (TPSA) is 134 Å². The molecular formula is C23H24FN7O4S. The number of benzene rings is 1. The van der Waals surface area contributed by atoms with Gasteiger partial charge < -0.3 is 9.47 Å². The Bertz CT molecular complexity index is 1450. The summed E-state index contributed by atoms with van der Waals surface area (Å²) in [5.74, 6) is 0.645. The predicted octanol–water partition coefficient (Wildman–Crippen LogP) is 2.96. The number of methoxy groups -OCH3 is 2. The number of nitrogens with zero attached hydrogens (tertiary/aromatic N) is 6. The molecule has 0 spiro atoms. The number of anilines is 1. The van der Waals surface area contributed by atoms with Gasteiger partial charge in [-0.05, 0) is 37.6 Å². The number of halogens is 1. The first-order valence-corrected chi connectivity index (χ1v) is 12.4. The van der Waals surface area contributed by atoms with Crippen LogP contribution in [0.15, 0.2) is 49.1 Å². The van der Waals surface area contributed by atoms with Crippen molar-refractivity contribution in [1.29, 1.82) is 0 Å². The van der Waals surface area contributed by atoms with E-state index in [2.05, 4.69) is 29.9 Å². The van der Waals surface area contributed by atoms with Gasteiger partial charge in [-0.15, -0.1) is 10.2 Å². The molecule has 0 amide bonds. The van der Waals surface area contributed by atoms with Gasteiger partial charge in [-0.1, -0.05) is 6.07 Å². The quantitative estimate of drug-likeness (QED) is 0.358. The van der Waals surface area contributed by atoms with Crippen molar-refractivity contribution >= 4 is 16.0 Å². The number of pyridine rings is 1. The smallest absolute Gasteiger partial charge is 0.243 e. The fourth-order valence-corrected chi connectivity index (χ4v) is 4.48. The van der Waals surface area contributed by atoms with Gasteiger partial charge in [-0.3, -0.25) is 14.3 Å². The highest BCUT2D eigenvalue weighted by atomic mass is 32.2. The van der Waals surface area contributed by atoms with E-state index in [1.165, 1.54) is 25.7 Å². The number of para-hydroxylation sites is 1.